The van der Waals surface area contributed by atoms with E-state index in [2.05, 4.69) is 31.2 Å². The van der Waals surface area contributed by atoms with Crippen LogP contribution in [0.5, 0.6) is 0 Å². The van der Waals surface area contributed by atoms with Gasteiger partial charge in [0, 0.05) is 18.3 Å². The van der Waals surface area contributed by atoms with Gasteiger partial charge in [-0.3, -0.25) is 9.48 Å². The summed E-state index contributed by atoms with van der Waals surface area (Å²) in [5.41, 5.74) is 2.74. The van der Waals surface area contributed by atoms with Crippen LogP contribution in [0.2, 0.25) is 0 Å². The van der Waals surface area contributed by atoms with E-state index in [0.29, 0.717) is 5.56 Å². The molecular weight excluding hydrogens is 274 g/mol. The van der Waals surface area contributed by atoms with E-state index >= 15 is 0 Å². The van der Waals surface area contributed by atoms with Crippen LogP contribution in [-0.2, 0) is 12.0 Å². The zero-order valence-corrected chi connectivity index (χ0v) is 13.5. The van der Waals surface area contributed by atoms with Crippen molar-refractivity contribution in [2.75, 3.05) is 5.32 Å². The van der Waals surface area contributed by atoms with Crippen molar-refractivity contribution in [2.24, 2.45) is 5.92 Å². The quantitative estimate of drug-likeness (QED) is 0.932. The summed E-state index contributed by atoms with van der Waals surface area (Å²) in [6.07, 6.45) is 6.20. The van der Waals surface area contributed by atoms with E-state index in [1.54, 1.807) is 6.20 Å². The largest absolute Gasteiger partial charge is 0.319 e. The SMILES string of the molecule is CC(C)(C)c1ccc(C(=O)Nc2cnn(CC3CC3)c2)cc1. The highest BCUT2D eigenvalue weighted by Gasteiger charge is 2.22. The fraction of sp³-hybridized carbons (Fsp3) is 0.444. The predicted molar refractivity (Wildman–Crippen MR) is 88.0 cm³/mol. The Morgan fingerprint density at radius 2 is 1.95 bits per heavy atom. The molecule has 1 aromatic carbocycles. The van der Waals surface area contributed by atoms with Gasteiger partial charge in [-0.05, 0) is 41.9 Å². The van der Waals surface area contributed by atoms with Crippen molar-refractivity contribution in [2.45, 2.75) is 45.6 Å². The molecular formula is C18H23N3O. The molecule has 1 aliphatic rings. The van der Waals surface area contributed by atoms with E-state index < -0.39 is 0 Å². The molecule has 0 unspecified atom stereocenters. The Hall–Kier alpha value is -2.10. The fourth-order valence-electron chi connectivity index (χ4n) is 2.42. The lowest BCUT2D eigenvalue weighted by molar-refractivity contribution is 0.102. The van der Waals surface area contributed by atoms with Crippen LogP contribution < -0.4 is 5.32 Å². The lowest BCUT2D eigenvalue weighted by atomic mass is 9.87. The number of rotatable bonds is 4. The number of hydrogen-bond acceptors (Lipinski definition) is 2. The third-order valence-corrected chi connectivity index (χ3v) is 4.05. The number of carbonyl (C=O) groups is 1. The van der Waals surface area contributed by atoms with E-state index in [4.69, 9.17) is 0 Å². The van der Waals surface area contributed by atoms with E-state index in [1.165, 1.54) is 18.4 Å². The maximum Gasteiger partial charge on any atom is 0.255 e. The monoisotopic (exact) mass is 297 g/mol. The summed E-state index contributed by atoms with van der Waals surface area (Å²) < 4.78 is 1.91. The highest BCUT2D eigenvalue weighted by atomic mass is 16.1. The lowest BCUT2D eigenvalue weighted by Gasteiger charge is -2.18. The molecule has 1 fully saturated rings. The van der Waals surface area contributed by atoms with Crippen LogP contribution in [-0.4, -0.2) is 15.7 Å². The smallest absolute Gasteiger partial charge is 0.255 e. The van der Waals surface area contributed by atoms with Gasteiger partial charge >= 0.3 is 0 Å². The van der Waals surface area contributed by atoms with Gasteiger partial charge in [-0.25, -0.2) is 0 Å². The molecule has 0 saturated heterocycles. The summed E-state index contributed by atoms with van der Waals surface area (Å²) in [6.45, 7) is 7.44. The van der Waals surface area contributed by atoms with Crippen LogP contribution in [0.25, 0.3) is 0 Å². The summed E-state index contributed by atoms with van der Waals surface area (Å²) in [4.78, 5) is 12.3. The van der Waals surface area contributed by atoms with Crippen molar-refractivity contribution in [3.8, 4) is 0 Å². The first-order chi connectivity index (χ1) is 10.4. The number of hydrogen-bond donors (Lipinski definition) is 1. The zero-order chi connectivity index (χ0) is 15.7. The van der Waals surface area contributed by atoms with E-state index in [-0.39, 0.29) is 11.3 Å². The molecule has 1 amide bonds. The van der Waals surface area contributed by atoms with Crippen LogP contribution in [0.3, 0.4) is 0 Å². The van der Waals surface area contributed by atoms with Crippen molar-refractivity contribution in [3.05, 3.63) is 47.8 Å². The normalized spacial score (nSPS) is 14.9. The van der Waals surface area contributed by atoms with Crippen molar-refractivity contribution < 1.29 is 4.79 Å². The molecule has 0 bridgehead atoms. The molecule has 1 saturated carbocycles. The average molecular weight is 297 g/mol. The summed E-state index contributed by atoms with van der Waals surface area (Å²) in [7, 11) is 0. The number of anilines is 1. The number of nitrogens with one attached hydrogen (secondary N) is 1. The molecule has 0 spiro atoms. The topological polar surface area (TPSA) is 46.9 Å². The Morgan fingerprint density at radius 1 is 1.27 bits per heavy atom. The first-order valence-electron chi connectivity index (χ1n) is 7.86. The van der Waals surface area contributed by atoms with Gasteiger partial charge in [-0.15, -0.1) is 0 Å². The summed E-state index contributed by atoms with van der Waals surface area (Å²) in [6, 6.07) is 7.80. The molecule has 0 radical (unpaired) electrons. The second kappa shape index (κ2) is 5.59. The first kappa shape index (κ1) is 14.8. The number of nitrogens with zero attached hydrogens (tertiary/aromatic N) is 2. The molecule has 22 heavy (non-hydrogen) atoms. The molecule has 3 rings (SSSR count). The first-order valence-corrected chi connectivity index (χ1v) is 7.86. The minimum Gasteiger partial charge on any atom is -0.319 e. The lowest BCUT2D eigenvalue weighted by Crippen LogP contribution is -2.14. The maximum atomic E-state index is 12.3. The standard InChI is InChI=1S/C18H23N3O/c1-18(2,3)15-8-6-14(7-9-15)17(22)20-16-10-19-21(12-16)11-13-4-5-13/h6-10,12-13H,4-5,11H2,1-3H3,(H,20,22). The Kier molecular flexibility index (Phi) is 3.77. The second-order valence-corrected chi connectivity index (χ2v) is 7.18. The zero-order valence-electron chi connectivity index (χ0n) is 13.5. The van der Waals surface area contributed by atoms with E-state index in [1.807, 2.05) is 35.1 Å². The molecule has 0 atom stereocenters. The highest BCUT2D eigenvalue weighted by molar-refractivity contribution is 6.04. The van der Waals surface area contributed by atoms with Crippen molar-refractivity contribution in [1.82, 2.24) is 9.78 Å². The molecule has 2 aromatic rings. The fourth-order valence-corrected chi connectivity index (χ4v) is 2.42. The number of amides is 1. The summed E-state index contributed by atoms with van der Waals surface area (Å²) in [5.74, 6) is 0.680. The van der Waals surface area contributed by atoms with Gasteiger partial charge in [-0.1, -0.05) is 32.9 Å². The summed E-state index contributed by atoms with van der Waals surface area (Å²) >= 11 is 0. The average Bonchev–Trinajstić information content (AvgIpc) is 3.17. The minimum atomic E-state index is -0.0913. The highest BCUT2D eigenvalue weighted by Crippen LogP contribution is 2.30. The van der Waals surface area contributed by atoms with Crippen LogP contribution in [0.1, 0.15) is 49.5 Å². The third-order valence-electron chi connectivity index (χ3n) is 4.05. The van der Waals surface area contributed by atoms with Crippen LogP contribution >= 0.6 is 0 Å². The molecule has 4 nitrogen and oxygen atoms in total. The van der Waals surface area contributed by atoms with Crippen LogP contribution in [0, 0.1) is 5.92 Å². The molecule has 4 heteroatoms. The van der Waals surface area contributed by atoms with Gasteiger partial charge in [0.15, 0.2) is 0 Å². The predicted octanol–water partition coefficient (Wildman–Crippen LogP) is 3.84. The molecule has 1 heterocycles. The Morgan fingerprint density at radius 3 is 2.55 bits per heavy atom. The molecule has 116 valence electrons. The Labute approximate surface area is 131 Å². The van der Waals surface area contributed by atoms with E-state index in [0.717, 1.165) is 18.2 Å². The maximum absolute atomic E-state index is 12.3. The van der Waals surface area contributed by atoms with Gasteiger partial charge in [0.05, 0.1) is 11.9 Å². The van der Waals surface area contributed by atoms with Gasteiger partial charge < -0.3 is 5.32 Å². The van der Waals surface area contributed by atoms with Gasteiger partial charge in [0.25, 0.3) is 5.91 Å². The van der Waals surface area contributed by atoms with Gasteiger partial charge in [0.1, 0.15) is 0 Å². The number of aromatic nitrogens is 2. The van der Waals surface area contributed by atoms with Crippen LogP contribution in [0.15, 0.2) is 36.7 Å². The van der Waals surface area contributed by atoms with Gasteiger partial charge in [-0.2, -0.15) is 5.10 Å². The Balaban J connectivity index is 1.64. The number of benzene rings is 1. The van der Waals surface area contributed by atoms with Crippen molar-refractivity contribution >= 4 is 11.6 Å². The molecule has 1 N–H and O–H groups in total. The number of carbonyl (C=O) groups excluding carboxylic acids is 1. The Bertz CT molecular complexity index is 660. The van der Waals surface area contributed by atoms with E-state index in [9.17, 15) is 4.79 Å². The minimum absolute atomic E-state index is 0.0913. The van der Waals surface area contributed by atoms with Crippen LogP contribution in [0.4, 0.5) is 5.69 Å². The van der Waals surface area contributed by atoms with Gasteiger partial charge in [0.2, 0.25) is 0 Å². The molecule has 1 aliphatic carbocycles. The molecule has 0 aliphatic heterocycles. The van der Waals surface area contributed by atoms with Crippen molar-refractivity contribution in [3.63, 3.8) is 0 Å². The van der Waals surface area contributed by atoms with Crippen molar-refractivity contribution in [1.29, 1.82) is 0 Å². The second-order valence-electron chi connectivity index (χ2n) is 7.18. The third kappa shape index (κ3) is 3.56. The summed E-state index contributed by atoms with van der Waals surface area (Å²) in [5, 5.41) is 7.20. The molecule has 1 aromatic heterocycles.